The predicted molar refractivity (Wildman–Crippen MR) is 62.4 cm³/mol. The first-order chi connectivity index (χ1) is 8.29. The lowest BCUT2D eigenvalue weighted by atomic mass is 10.2. The Morgan fingerprint density at radius 1 is 1.47 bits per heavy atom. The van der Waals surface area contributed by atoms with Gasteiger partial charge >= 0.3 is 0 Å². The second kappa shape index (κ2) is 5.35. The molecular formula is C13H14N2O2. The van der Waals surface area contributed by atoms with Crippen molar-refractivity contribution in [2.24, 2.45) is 5.92 Å². The summed E-state index contributed by atoms with van der Waals surface area (Å²) in [6, 6.07) is 8.91. The van der Waals surface area contributed by atoms with Gasteiger partial charge in [-0.2, -0.15) is 5.26 Å². The number of rotatable bonds is 5. The molecule has 4 nitrogen and oxygen atoms in total. The fraction of sp³-hybridized carbons (Fsp3) is 0.385. The molecule has 1 N–H and O–H groups in total. The molecule has 0 radical (unpaired) electrons. The Kier molecular flexibility index (Phi) is 3.61. The molecular weight excluding hydrogens is 216 g/mol. The molecule has 17 heavy (non-hydrogen) atoms. The second-order valence-electron chi connectivity index (χ2n) is 4.14. The molecule has 0 saturated heterocycles. The van der Waals surface area contributed by atoms with Gasteiger partial charge in [-0.05, 0) is 30.9 Å². The standard InChI is InChI=1S/C13H14N2O2/c14-7-11-3-1-2-4-12(11)17-9-13(16)15-8-10-5-6-10/h1-4,10H,5-6,8-9H2,(H,15,16). The average Bonchev–Trinajstić information content (AvgIpc) is 3.18. The number of hydrogen-bond donors (Lipinski definition) is 1. The van der Waals surface area contributed by atoms with E-state index in [0.717, 1.165) is 6.54 Å². The molecule has 0 spiro atoms. The van der Waals surface area contributed by atoms with E-state index in [0.29, 0.717) is 17.2 Å². The van der Waals surface area contributed by atoms with E-state index in [1.807, 2.05) is 6.07 Å². The van der Waals surface area contributed by atoms with Gasteiger partial charge in [0.05, 0.1) is 5.56 Å². The first kappa shape index (κ1) is 11.5. The number of nitrogens with one attached hydrogen (secondary N) is 1. The number of carbonyl (C=O) groups excluding carboxylic acids is 1. The molecule has 4 heteroatoms. The molecule has 1 aliphatic rings. The van der Waals surface area contributed by atoms with Crippen LogP contribution in [-0.2, 0) is 4.79 Å². The normalized spacial score (nSPS) is 13.8. The molecule has 0 heterocycles. The second-order valence-corrected chi connectivity index (χ2v) is 4.14. The van der Waals surface area contributed by atoms with Crippen molar-refractivity contribution in [2.75, 3.05) is 13.2 Å². The number of nitrogens with zero attached hydrogens (tertiary/aromatic N) is 1. The molecule has 0 aliphatic heterocycles. The molecule has 1 aromatic carbocycles. The number of para-hydroxylation sites is 1. The van der Waals surface area contributed by atoms with E-state index in [4.69, 9.17) is 10.00 Å². The monoisotopic (exact) mass is 230 g/mol. The van der Waals surface area contributed by atoms with Crippen LogP contribution in [0.5, 0.6) is 5.75 Å². The Balaban J connectivity index is 1.80. The quantitative estimate of drug-likeness (QED) is 0.833. The number of carbonyl (C=O) groups is 1. The van der Waals surface area contributed by atoms with Crippen LogP contribution in [0.4, 0.5) is 0 Å². The zero-order valence-corrected chi connectivity index (χ0v) is 9.48. The highest BCUT2D eigenvalue weighted by Crippen LogP contribution is 2.27. The molecule has 0 bridgehead atoms. The highest BCUT2D eigenvalue weighted by molar-refractivity contribution is 5.77. The minimum absolute atomic E-state index is 0.0363. The van der Waals surface area contributed by atoms with E-state index in [-0.39, 0.29) is 12.5 Å². The SMILES string of the molecule is N#Cc1ccccc1OCC(=O)NCC1CC1. The van der Waals surface area contributed by atoms with Crippen molar-refractivity contribution in [1.82, 2.24) is 5.32 Å². The molecule has 88 valence electrons. The molecule has 1 aromatic rings. The van der Waals surface area contributed by atoms with Gasteiger partial charge in [0.15, 0.2) is 6.61 Å². The first-order valence-electron chi connectivity index (χ1n) is 5.68. The summed E-state index contributed by atoms with van der Waals surface area (Å²) in [5.74, 6) is 0.978. The van der Waals surface area contributed by atoms with E-state index in [1.54, 1.807) is 24.3 Å². The Bertz CT molecular complexity index is 447. The highest BCUT2D eigenvalue weighted by Gasteiger charge is 2.21. The van der Waals surface area contributed by atoms with E-state index in [9.17, 15) is 4.79 Å². The van der Waals surface area contributed by atoms with Crippen LogP contribution in [0, 0.1) is 17.2 Å². The average molecular weight is 230 g/mol. The van der Waals surface area contributed by atoms with Gasteiger partial charge in [0.2, 0.25) is 0 Å². The number of benzene rings is 1. The first-order valence-corrected chi connectivity index (χ1v) is 5.68. The van der Waals surface area contributed by atoms with Crippen molar-refractivity contribution in [3.8, 4) is 11.8 Å². The zero-order valence-electron chi connectivity index (χ0n) is 9.48. The van der Waals surface area contributed by atoms with E-state index >= 15 is 0 Å². The van der Waals surface area contributed by atoms with Gasteiger partial charge in [-0.15, -0.1) is 0 Å². The molecule has 1 amide bonds. The van der Waals surface area contributed by atoms with Crippen molar-refractivity contribution in [1.29, 1.82) is 5.26 Å². The van der Waals surface area contributed by atoms with Crippen LogP contribution in [0.3, 0.4) is 0 Å². The summed E-state index contributed by atoms with van der Waals surface area (Å²) < 4.78 is 5.31. The molecule has 1 fully saturated rings. The van der Waals surface area contributed by atoms with Crippen LogP contribution in [0.1, 0.15) is 18.4 Å². The van der Waals surface area contributed by atoms with Gasteiger partial charge in [0.25, 0.3) is 5.91 Å². The van der Waals surface area contributed by atoms with Crippen LogP contribution >= 0.6 is 0 Å². The van der Waals surface area contributed by atoms with Gasteiger partial charge in [-0.25, -0.2) is 0 Å². The van der Waals surface area contributed by atoms with Gasteiger partial charge in [0, 0.05) is 6.54 Å². The zero-order chi connectivity index (χ0) is 12.1. The lowest BCUT2D eigenvalue weighted by molar-refractivity contribution is -0.123. The van der Waals surface area contributed by atoms with E-state index in [1.165, 1.54) is 12.8 Å². The smallest absolute Gasteiger partial charge is 0.257 e. The van der Waals surface area contributed by atoms with Crippen molar-refractivity contribution < 1.29 is 9.53 Å². The number of amides is 1. The fourth-order valence-electron chi connectivity index (χ4n) is 1.46. The van der Waals surface area contributed by atoms with Gasteiger partial charge in [0.1, 0.15) is 11.8 Å². The minimum Gasteiger partial charge on any atom is -0.482 e. The van der Waals surface area contributed by atoms with Crippen LogP contribution < -0.4 is 10.1 Å². The summed E-state index contributed by atoms with van der Waals surface area (Å²) >= 11 is 0. The Morgan fingerprint density at radius 3 is 2.94 bits per heavy atom. The third-order valence-electron chi connectivity index (χ3n) is 2.65. The van der Waals surface area contributed by atoms with Crippen molar-refractivity contribution in [2.45, 2.75) is 12.8 Å². The van der Waals surface area contributed by atoms with Crippen molar-refractivity contribution in [3.63, 3.8) is 0 Å². The molecule has 0 unspecified atom stereocenters. The number of nitriles is 1. The molecule has 2 rings (SSSR count). The fourth-order valence-corrected chi connectivity index (χ4v) is 1.46. The van der Waals surface area contributed by atoms with E-state index in [2.05, 4.69) is 5.32 Å². The molecule has 1 saturated carbocycles. The molecule has 0 atom stereocenters. The van der Waals surface area contributed by atoms with Gasteiger partial charge in [-0.3, -0.25) is 4.79 Å². The van der Waals surface area contributed by atoms with Crippen LogP contribution in [0.2, 0.25) is 0 Å². The summed E-state index contributed by atoms with van der Waals surface area (Å²) in [4.78, 5) is 11.4. The predicted octanol–water partition coefficient (Wildman–Crippen LogP) is 1.46. The maximum Gasteiger partial charge on any atom is 0.257 e. The van der Waals surface area contributed by atoms with Crippen LogP contribution in [-0.4, -0.2) is 19.1 Å². The summed E-state index contributed by atoms with van der Waals surface area (Å²) in [6.45, 7) is 0.702. The lowest BCUT2D eigenvalue weighted by Gasteiger charge is -2.07. The topological polar surface area (TPSA) is 62.1 Å². The highest BCUT2D eigenvalue weighted by atomic mass is 16.5. The third-order valence-corrected chi connectivity index (χ3v) is 2.65. The maximum atomic E-state index is 11.4. The summed E-state index contributed by atoms with van der Waals surface area (Å²) in [7, 11) is 0. The summed E-state index contributed by atoms with van der Waals surface area (Å²) in [5, 5.41) is 11.6. The van der Waals surface area contributed by atoms with Crippen LogP contribution in [0.25, 0.3) is 0 Å². The van der Waals surface area contributed by atoms with Crippen molar-refractivity contribution in [3.05, 3.63) is 29.8 Å². The minimum atomic E-state index is -0.135. The summed E-state index contributed by atoms with van der Waals surface area (Å²) in [5.41, 5.74) is 0.447. The van der Waals surface area contributed by atoms with E-state index < -0.39 is 0 Å². The Morgan fingerprint density at radius 2 is 2.24 bits per heavy atom. The summed E-state index contributed by atoms with van der Waals surface area (Å²) in [6.07, 6.45) is 2.41. The van der Waals surface area contributed by atoms with Gasteiger partial charge in [-0.1, -0.05) is 12.1 Å². The number of ether oxygens (including phenoxy) is 1. The third kappa shape index (κ3) is 3.49. The maximum absolute atomic E-state index is 11.4. The van der Waals surface area contributed by atoms with Crippen molar-refractivity contribution >= 4 is 5.91 Å². The Labute approximate surface area is 100 Å². The van der Waals surface area contributed by atoms with Crippen LogP contribution in [0.15, 0.2) is 24.3 Å². The number of hydrogen-bond acceptors (Lipinski definition) is 3. The largest absolute Gasteiger partial charge is 0.482 e. The van der Waals surface area contributed by atoms with Gasteiger partial charge < -0.3 is 10.1 Å². The molecule has 1 aliphatic carbocycles. The Hall–Kier alpha value is -2.02. The lowest BCUT2D eigenvalue weighted by Crippen LogP contribution is -2.30. The molecule has 0 aromatic heterocycles.